The van der Waals surface area contributed by atoms with Crippen LogP contribution in [0.1, 0.15) is 15.9 Å². The fourth-order valence-corrected chi connectivity index (χ4v) is 4.18. The van der Waals surface area contributed by atoms with Crippen LogP contribution in [0.4, 0.5) is 14.5 Å². The zero-order chi connectivity index (χ0) is 24.0. The summed E-state index contributed by atoms with van der Waals surface area (Å²) in [5.74, 6) is -0.870. The third-order valence-electron chi connectivity index (χ3n) is 4.59. The molecule has 0 atom stereocenters. The average Bonchev–Trinajstić information content (AvgIpc) is 2.76. The van der Waals surface area contributed by atoms with Crippen molar-refractivity contribution < 1.29 is 26.7 Å². The minimum Gasteiger partial charge on any atom is -0.492 e. The van der Waals surface area contributed by atoms with Crippen molar-refractivity contribution in [1.82, 2.24) is 5.32 Å². The Balaban J connectivity index is 1.59. The summed E-state index contributed by atoms with van der Waals surface area (Å²) < 4.78 is 58.7. The van der Waals surface area contributed by atoms with Gasteiger partial charge in [-0.15, -0.1) is 0 Å². The minimum atomic E-state index is -3.75. The average molecular weight is 539 g/mol. The number of nitrogens with zero attached hydrogens (tertiary/aromatic N) is 1. The molecule has 0 aliphatic rings. The summed E-state index contributed by atoms with van der Waals surface area (Å²) in [6.07, 6.45) is 1.00. The molecule has 0 fully saturated rings. The first-order valence-electron chi connectivity index (χ1n) is 9.82. The highest BCUT2D eigenvalue weighted by Crippen LogP contribution is 2.27. The summed E-state index contributed by atoms with van der Waals surface area (Å²) in [7, 11) is -3.75. The van der Waals surface area contributed by atoms with Gasteiger partial charge >= 0.3 is 0 Å². The Hall–Kier alpha value is -2.98. The summed E-state index contributed by atoms with van der Waals surface area (Å²) in [4.78, 5) is 12.3. The number of benzene rings is 3. The second kappa shape index (κ2) is 10.8. The van der Waals surface area contributed by atoms with Gasteiger partial charge in [-0.2, -0.15) is 0 Å². The number of ether oxygens (including phenoxy) is 1. The van der Waals surface area contributed by atoms with E-state index in [9.17, 15) is 22.0 Å². The van der Waals surface area contributed by atoms with Crippen LogP contribution in [0.3, 0.4) is 0 Å². The molecule has 0 aliphatic carbocycles. The number of carbonyl (C=O) groups excluding carboxylic acids is 1. The van der Waals surface area contributed by atoms with E-state index < -0.39 is 15.8 Å². The van der Waals surface area contributed by atoms with E-state index in [2.05, 4.69) is 21.2 Å². The maximum atomic E-state index is 14.4. The monoisotopic (exact) mass is 538 g/mol. The van der Waals surface area contributed by atoms with Gasteiger partial charge in [0.05, 0.1) is 25.0 Å². The second-order valence-corrected chi connectivity index (χ2v) is 9.94. The van der Waals surface area contributed by atoms with Crippen LogP contribution in [0, 0.1) is 11.6 Å². The van der Waals surface area contributed by atoms with Crippen molar-refractivity contribution in [3.05, 3.63) is 94.0 Å². The number of amides is 1. The van der Waals surface area contributed by atoms with Crippen molar-refractivity contribution in [2.75, 3.05) is 23.7 Å². The molecule has 0 unspecified atom stereocenters. The molecular weight excluding hydrogens is 518 g/mol. The van der Waals surface area contributed by atoms with Crippen LogP contribution >= 0.6 is 15.9 Å². The smallest absolute Gasteiger partial charge is 0.251 e. The quantitative estimate of drug-likeness (QED) is 0.407. The highest BCUT2D eigenvalue weighted by Gasteiger charge is 2.21. The first kappa shape index (κ1) is 24.7. The Morgan fingerprint density at radius 1 is 1.03 bits per heavy atom. The van der Waals surface area contributed by atoms with Gasteiger partial charge in [0.1, 0.15) is 24.0 Å². The molecule has 1 amide bonds. The molecule has 6 nitrogen and oxygen atoms in total. The number of carbonyl (C=O) groups is 1. The lowest BCUT2D eigenvalue weighted by atomic mass is 10.1. The number of rotatable bonds is 9. The predicted molar refractivity (Wildman–Crippen MR) is 126 cm³/mol. The summed E-state index contributed by atoms with van der Waals surface area (Å²) in [6.45, 7) is 0.352. The minimum absolute atomic E-state index is 0.0660. The van der Waals surface area contributed by atoms with E-state index >= 15 is 0 Å². The Morgan fingerprint density at radius 3 is 2.30 bits per heavy atom. The Morgan fingerprint density at radius 2 is 1.70 bits per heavy atom. The third-order valence-corrected chi connectivity index (χ3v) is 6.21. The topological polar surface area (TPSA) is 75.7 Å². The van der Waals surface area contributed by atoms with Crippen molar-refractivity contribution in [2.45, 2.75) is 6.54 Å². The van der Waals surface area contributed by atoms with Crippen molar-refractivity contribution >= 4 is 37.5 Å². The molecule has 0 saturated carbocycles. The second-order valence-electron chi connectivity index (χ2n) is 7.12. The molecule has 174 valence electrons. The van der Waals surface area contributed by atoms with E-state index in [0.29, 0.717) is 21.3 Å². The van der Waals surface area contributed by atoms with Crippen molar-refractivity contribution in [3.63, 3.8) is 0 Å². The number of nitrogens with one attached hydrogen (secondary N) is 1. The van der Waals surface area contributed by atoms with Crippen LogP contribution in [-0.4, -0.2) is 33.7 Å². The van der Waals surface area contributed by atoms with Crippen molar-refractivity contribution in [1.29, 1.82) is 0 Å². The Bertz CT molecular complexity index is 1220. The van der Waals surface area contributed by atoms with Gasteiger partial charge < -0.3 is 10.1 Å². The molecule has 1 N–H and O–H groups in total. The van der Waals surface area contributed by atoms with E-state index in [1.807, 2.05) is 0 Å². The zero-order valence-corrected chi connectivity index (χ0v) is 20.0. The third kappa shape index (κ3) is 7.00. The van der Waals surface area contributed by atoms with Gasteiger partial charge in [0.2, 0.25) is 10.0 Å². The molecular formula is C23H21BrF2N2O4S. The van der Waals surface area contributed by atoms with Crippen LogP contribution in [0.2, 0.25) is 0 Å². The molecule has 33 heavy (non-hydrogen) atoms. The number of halogens is 3. The van der Waals surface area contributed by atoms with Crippen molar-refractivity contribution in [2.24, 2.45) is 0 Å². The van der Waals surface area contributed by atoms with E-state index in [0.717, 1.165) is 10.6 Å². The molecule has 0 saturated heterocycles. The molecule has 0 aromatic heterocycles. The largest absolute Gasteiger partial charge is 0.492 e. The summed E-state index contributed by atoms with van der Waals surface area (Å²) >= 11 is 3.15. The normalized spacial score (nSPS) is 11.2. The maximum absolute atomic E-state index is 14.4. The fraction of sp³-hybridized carbons (Fsp3) is 0.174. The summed E-state index contributed by atoms with van der Waals surface area (Å²) in [5.41, 5.74) is 0.892. The standard InChI is InChI=1S/C23H21BrF2N2O4S/c1-33(30,31)28(22-11-6-18(24)14-21(22)26)15-16-2-4-17(5-3-16)23(29)27-12-13-32-20-9-7-19(25)8-10-20/h2-11,14H,12-13,15H2,1H3,(H,27,29). The molecule has 0 spiro atoms. The van der Waals surface area contributed by atoms with Gasteiger partial charge in [-0.25, -0.2) is 17.2 Å². The summed E-state index contributed by atoms with van der Waals surface area (Å²) in [6, 6.07) is 16.0. The maximum Gasteiger partial charge on any atom is 0.251 e. The van der Waals surface area contributed by atoms with Gasteiger partial charge in [0.25, 0.3) is 5.91 Å². The highest BCUT2D eigenvalue weighted by molar-refractivity contribution is 9.10. The number of anilines is 1. The number of hydrogen-bond donors (Lipinski definition) is 1. The van der Waals surface area contributed by atoms with Crippen LogP contribution < -0.4 is 14.4 Å². The SMILES string of the molecule is CS(=O)(=O)N(Cc1ccc(C(=O)NCCOc2ccc(F)cc2)cc1)c1ccc(Br)cc1F. The molecule has 0 radical (unpaired) electrons. The molecule has 0 aliphatic heterocycles. The Kier molecular flexibility index (Phi) is 8.04. The molecule has 0 heterocycles. The van der Waals surface area contributed by atoms with Crippen molar-refractivity contribution in [3.8, 4) is 5.75 Å². The molecule has 3 aromatic carbocycles. The van der Waals surface area contributed by atoms with Crippen LogP contribution in [0.25, 0.3) is 0 Å². The molecule has 3 aromatic rings. The number of hydrogen-bond acceptors (Lipinski definition) is 4. The molecule has 0 bridgehead atoms. The first-order chi connectivity index (χ1) is 15.6. The lowest BCUT2D eigenvalue weighted by Gasteiger charge is -2.23. The van der Waals surface area contributed by atoms with E-state index in [-0.39, 0.29) is 37.1 Å². The lowest BCUT2D eigenvalue weighted by Crippen LogP contribution is -2.30. The van der Waals surface area contributed by atoms with Gasteiger partial charge in [-0.05, 0) is 60.2 Å². The van der Waals surface area contributed by atoms with Crippen LogP contribution in [-0.2, 0) is 16.6 Å². The van der Waals surface area contributed by atoms with Gasteiger partial charge in [0.15, 0.2) is 0 Å². The lowest BCUT2D eigenvalue weighted by molar-refractivity contribution is 0.0947. The predicted octanol–water partition coefficient (Wildman–Crippen LogP) is 4.50. The van der Waals surface area contributed by atoms with E-state index in [1.165, 1.54) is 36.4 Å². The van der Waals surface area contributed by atoms with Gasteiger partial charge in [-0.1, -0.05) is 28.1 Å². The first-order valence-corrected chi connectivity index (χ1v) is 12.5. The molecule has 3 rings (SSSR count). The van der Waals surface area contributed by atoms with Gasteiger partial charge in [-0.3, -0.25) is 9.10 Å². The van der Waals surface area contributed by atoms with E-state index in [1.54, 1.807) is 30.3 Å². The number of sulfonamides is 1. The zero-order valence-electron chi connectivity index (χ0n) is 17.6. The van der Waals surface area contributed by atoms with E-state index in [4.69, 9.17) is 4.74 Å². The highest BCUT2D eigenvalue weighted by atomic mass is 79.9. The van der Waals surface area contributed by atoms with Crippen LogP contribution in [0.15, 0.2) is 71.2 Å². The van der Waals surface area contributed by atoms with Crippen LogP contribution in [0.5, 0.6) is 5.75 Å². The Labute approximate surface area is 199 Å². The van der Waals surface area contributed by atoms with Gasteiger partial charge in [0, 0.05) is 10.0 Å². The molecule has 10 heteroatoms. The fourth-order valence-electron chi connectivity index (χ4n) is 2.96. The summed E-state index contributed by atoms with van der Waals surface area (Å²) in [5, 5.41) is 2.71.